The quantitative estimate of drug-likeness (QED) is 0.414. The zero-order chi connectivity index (χ0) is 23.4. The molecule has 2 aliphatic heterocycles. The van der Waals surface area contributed by atoms with Crippen molar-refractivity contribution in [3.05, 3.63) is 75.8 Å². The smallest absolute Gasteiger partial charge is 0.100 e. The van der Waals surface area contributed by atoms with Crippen molar-refractivity contribution >= 4 is 28.6 Å². The molecule has 0 fully saturated rings. The molecule has 0 bridgehead atoms. The van der Waals surface area contributed by atoms with E-state index in [-0.39, 0.29) is 10.8 Å². The first-order chi connectivity index (χ1) is 15.7. The highest BCUT2D eigenvalue weighted by atomic mass is 15.2. The summed E-state index contributed by atoms with van der Waals surface area (Å²) in [7, 11) is 0. The summed E-state index contributed by atoms with van der Waals surface area (Å²) in [5.41, 5.74) is 7.91. The molecule has 3 aromatic rings. The molecule has 0 amide bonds. The lowest BCUT2D eigenvalue weighted by molar-refractivity contribution is 0.401. The van der Waals surface area contributed by atoms with Gasteiger partial charge in [-0.25, -0.2) is 0 Å². The molecular formula is C30H29N3. The van der Waals surface area contributed by atoms with Gasteiger partial charge in [-0.15, -0.1) is 0 Å². The van der Waals surface area contributed by atoms with Crippen molar-refractivity contribution in [2.75, 3.05) is 18.0 Å². The molecule has 0 saturated carbocycles. The summed E-state index contributed by atoms with van der Waals surface area (Å²) in [4.78, 5) is 2.58. The van der Waals surface area contributed by atoms with Crippen LogP contribution in [-0.4, -0.2) is 13.1 Å². The lowest BCUT2D eigenvalue weighted by Crippen LogP contribution is -2.44. The second kappa shape index (κ2) is 7.50. The van der Waals surface area contributed by atoms with Crippen LogP contribution in [0.3, 0.4) is 0 Å². The largest absolute Gasteiger partial charge is 0.371 e. The normalized spacial score (nSPS) is 18.1. The maximum Gasteiger partial charge on any atom is 0.100 e. The van der Waals surface area contributed by atoms with Gasteiger partial charge < -0.3 is 4.90 Å². The van der Waals surface area contributed by atoms with Crippen LogP contribution in [0.4, 0.5) is 5.69 Å². The van der Waals surface area contributed by atoms with E-state index in [4.69, 9.17) is 0 Å². The number of nitrogens with zero attached hydrogens (tertiary/aromatic N) is 3. The zero-order valence-corrected chi connectivity index (χ0v) is 19.9. The van der Waals surface area contributed by atoms with Crippen LogP contribution in [0.2, 0.25) is 0 Å². The molecule has 0 spiro atoms. The number of hydrogen-bond donors (Lipinski definition) is 0. The maximum absolute atomic E-state index is 9.92. The Bertz CT molecular complexity index is 1350. The van der Waals surface area contributed by atoms with E-state index >= 15 is 0 Å². The topological polar surface area (TPSA) is 50.8 Å². The number of benzene rings is 3. The number of anilines is 1. The van der Waals surface area contributed by atoms with Crippen LogP contribution >= 0.6 is 0 Å². The van der Waals surface area contributed by atoms with E-state index in [1.165, 1.54) is 22.4 Å². The van der Waals surface area contributed by atoms with E-state index in [0.717, 1.165) is 42.3 Å². The third-order valence-corrected chi connectivity index (χ3v) is 7.70. The fourth-order valence-corrected chi connectivity index (χ4v) is 5.48. The van der Waals surface area contributed by atoms with Gasteiger partial charge in [-0.2, -0.15) is 10.5 Å². The third kappa shape index (κ3) is 3.40. The molecule has 3 nitrogen and oxygen atoms in total. The molecule has 0 N–H and O–H groups in total. The molecule has 0 unspecified atom stereocenters. The minimum absolute atomic E-state index is 0.145. The first kappa shape index (κ1) is 21.3. The maximum atomic E-state index is 9.92. The predicted octanol–water partition coefficient (Wildman–Crippen LogP) is 6.92. The Labute approximate surface area is 196 Å². The summed E-state index contributed by atoms with van der Waals surface area (Å²) in [5.74, 6) is 0. The average molecular weight is 432 g/mol. The Balaban J connectivity index is 1.64. The summed E-state index contributed by atoms with van der Waals surface area (Å²) in [6, 6.07) is 18.8. The Morgan fingerprint density at radius 2 is 1.48 bits per heavy atom. The summed E-state index contributed by atoms with van der Waals surface area (Å²) in [6.45, 7) is 11.7. The van der Waals surface area contributed by atoms with Crippen LogP contribution in [0, 0.1) is 22.7 Å². The standard InChI is InChI=1S/C30H29N3/c1-29(2)12-14-33-15-13-30(3,4)27-17-20(16-26(29)28(27)33)8-9-21-10-11-23-22(18-31)6-5-7-24(23)25(21)19-32/h5-11,16-17H,12-15H2,1-4H3/b9-8+. The van der Waals surface area contributed by atoms with Crippen molar-refractivity contribution in [1.29, 1.82) is 10.5 Å². The van der Waals surface area contributed by atoms with Gasteiger partial charge in [0.2, 0.25) is 0 Å². The van der Waals surface area contributed by atoms with Crippen molar-refractivity contribution in [2.45, 2.75) is 51.4 Å². The summed E-state index contributed by atoms with van der Waals surface area (Å²) >= 11 is 0. The van der Waals surface area contributed by atoms with Crippen LogP contribution < -0.4 is 4.90 Å². The molecule has 2 heterocycles. The molecule has 5 rings (SSSR count). The van der Waals surface area contributed by atoms with E-state index < -0.39 is 0 Å². The first-order valence-electron chi connectivity index (χ1n) is 11.7. The molecule has 3 heteroatoms. The van der Waals surface area contributed by atoms with Crippen molar-refractivity contribution < 1.29 is 0 Å². The molecule has 0 aromatic heterocycles. The van der Waals surface area contributed by atoms with Gasteiger partial charge in [0.25, 0.3) is 0 Å². The number of rotatable bonds is 2. The van der Waals surface area contributed by atoms with Crippen LogP contribution in [0.1, 0.15) is 73.9 Å². The highest BCUT2D eigenvalue weighted by molar-refractivity contribution is 5.95. The monoisotopic (exact) mass is 431 g/mol. The Morgan fingerprint density at radius 3 is 2.09 bits per heavy atom. The molecule has 0 aliphatic carbocycles. The van der Waals surface area contributed by atoms with Gasteiger partial charge in [0, 0.05) is 29.5 Å². The molecular weight excluding hydrogens is 402 g/mol. The molecule has 33 heavy (non-hydrogen) atoms. The summed E-state index contributed by atoms with van der Waals surface area (Å²) < 4.78 is 0. The average Bonchev–Trinajstić information content (AvgIpc) is 2.80. The number of nitriles is 2. The molecule has 0 saturated heterocycles. The molecule has 3 aromatic carbocycles. The van der Waals surface area contributed by atoms with Gasteiger partial charge in [-0.3, -0.25) is 0 Å². The Morgan fingerprint density at radius 1 is 0.818 bits per heavy atom. The fourth-order valence-electron chi connectivity index (χ4n) is 5.48. The van der Waals surface area contributed by atoms with Gasteiger partial charge in [0.05, 0.1) is 17.2 Å². The van der Waals surface area contributed by atoms with Crippen molar-refractivity contribution in [3.8, 4) is 12.1 Å². The van der Waals surface area contributed by atoms with Gasteiger partial charge in [0.15, 0.2) is 0 Å². The number of hydrogen-bond acceptors (Lipinski definition) is 3. The van der Waals surface area contributed by atoms with Crippen LogP contribution in [-0.2, 0) is 10.8 Å². The third-order valence-electron chi connectivity index (χ3n) is 7.70. The van der Waals surface area contributed by atoms with E-state index in [9.17, 15) is 10.5 Å². The predicted molar refractivity (Wildman–Crippen MR) is 136 cm³/mol. The van der Waals surface area contributed by atoms with E-state index in [1.54, 1.807) is 6.07 Å². The van der Waals surface area contributed by atoms with E-state index in [2.05, 4.69) is 69.0 Å². The minimum atomic E-state index is 0.145. The second-order valence-corrected chi connectivity index (χ2v) is 10.7. The number of fused-ring (bicyclic) bond motifs is 1. The first-order valence-corrected chi connectivity index (χ1v) is 11.7. The molecule has 164 valence electrons. The van der Waals surface area contributed by atoms with Gasteiger partial charge in [0.1, 0.15) is 6.07 Å². The Hall–Kier alpha value is -3.56. The fraction of sp³-hybridized carbons (Fsp3) is 0.333. The summed E-state index contributed by atoms with van der Waals surface area (Å²) in [6.07, 6.45) is 6.52. The Kier molecular flexibility index (Phi) is 4.84. The minimum Gasteiger partial charge on any atom is -0.371 e. The lowest BCUT2D eigenvalue weighted by atomic mass is 9.69. The van der Waals surface area contributed by atoms with Gasteiger partial charge in [-0.05, 0) is 64.1 Å². The highest BCUT2D eigenvalue weighted by Gasteiger charge is 2.39. The summed E-state index contributed by atoms with van der Waals surface area (Å²) in [5, 5.41) is 21.0. The van der Waals surface area contributed by atoms with Crippen molar-refractivity contribution in [3.63, 3.8) is 0 Å². The van der Waals surface area contributed by atoms with Crippen LogP contribution in [0.5, 0.6) is 0 Å². The van der Waals surface area contributed by atoms with Crippen molar-refractivity contribution in [2.24, 2.45) is 0 Å². The van der Waals surface area contributed by atoms with E-state index in [0.29, 0.717) is 11.1 Å². The van der Waals surface area contributed by atoms with Crippen LogP contribution in [0.25, 0.3) is 22.9 Å². The highest BCUT2D eigenvalue weighted by Crippen LogP contribution is 2.49. The van der Waals surface area contributed by atoms with Crippen molar-refractivity contribution in [1.82, 2.24) is 0 Å². The second-order valence-electron chi connectivity index (χ2n) is 10.7. The molecule has 0 radical (unpaired) electrons. The lowest BCUT2D eigenvalue weighted by Gasteiger charge is -2.48. The molecule has 0 atom stereocenters. The van der Waals surface area contributed by atoms with E-state index in [1.807, 2.05) is 24.3 Å². The zero-order valence-electron chi connectivity index (χ0n) is 19.9. The SMILES string of the molecule is CC1(C)CCN2CCC(C)(C)c3cc(/C=C/c4ccc5c(C#N)cccc5c4C#N)cc1c32. The van der Waals surface area contributed by atoms with Gasteiger partial charge >= 0.3 is 0 Å². The molecule has 2 aliphatic rings. The van der Waals surface area contributed by atoms with Gasteiger partial charge in [-0.1, -0.05) is 64.1 Å². The van der Waals surface area contributed by atoms with Crippen LogP contribution in [0.15, 0.2) is 42.5 Å².